The van der Waals surface area contributed by atoms with Crippen LogP contribution in [0.4, 0.5) is 0 Å². The first-order valence-electron chi connectivity index (χ1n) is 12.0. The predicted octanol–water partition coefficient (Wildman–Crippen LogP) is 3.02. The maximum Gasteiger partial charge on any atom is 0.265 e. The number of amides is 2. The minimum atomic E-state index is -1.24. The van der Waals surface area contributed by atoms with Crippen LogP contribution in [-0.4, -0.2) is 45.6 Å². The zero-order valence-electron chi connectivity index (χ0n) is 20.7. The quantitative estimate of drug-likeness (QED) is 0.310. The van der Waals surface area contributed by atoms with E-state index < -0.39 is 17.5 Å². The summed E-state index contributed by atoms with van der Waals surface area (Å²) in [6.07, 6.45) is 0.468. The molecule has 4 N–H and O–H groups in total. The number of nitrogens with zero attached hydrogens (tertiary/aromatic N) is 2. The molecule has 36 heavy (non-hydrogen) atoms. The number of ether oxygens (including phenoxy) is 2. The van der Waals surface area contributed by atoms with E-state index in [4.69, 9.17) is 25.4 Å². The molecular weight excluding hydrogens is 460 g/mol. The van der Waals surface area contributed by atoms with Crippen molar-refractivity contribution in [2.45, 2.75) is 58.1 Å². The molecule has 9 nitrogen and oxygen atoms in total. The highest BCUT2D eigenvalue weighted by Gasteiger charge is 2.47. The molecule has 1 aliphatic rings. The first kappa shape index (κ1) is 25.6. The van der Waals surface area contributed by atoms with Gasteiger partial charge in [-0.15, -0.1) is 0 Å². The maximum atomic E-state index is 13.0. The van der Waals surface area contributed by atoms with Gasteiger partial charge in [-0.2, -0.15) is 0 Å². The number of pyridine rings is 1. The second-order valence-corrected chi connectivity index (χ2v) is 9.33. The Labute approximate surface area is 210 Å². The molecule has 1 saturated heterocycles. The zero-order valence-corrected chi connectivity index (χ0v) is 20.7. The molecule has 3 aromatic rings. The normalized spacial score (nSPS) is 18.6. The van der Waals surface area contributed by atoms with Crippen molar-refractivity contribution in [1.82, 2.24) is 15.4 Å². The van der Waals surface area contributed by atoms with Gasteiger partial charge in [0.25, 0.3) is 5.91 Å². The molecule has 190 valence electrons. The van der Waals surface area contributed by atoms with E-state index in [1.165, 1.54) is 4.90 Å². The molecule has 2 amide bonds. The Balaban J connectivity index is 1.48. The largest absolute Gasteiger partial charge is 0.489 e. The van der Waals surface area contributed by atoms with Gasteiger partial charge >= 0.3 is 0 Å². The molecule has 2 heterocycles. The second-order valence-electron chi connectivity index (χ2n) is 9.33. The molecule has 0 saturated carbocycles. The van der Waals surface area contributed by atoms with Crippen LogP contribution in [0, 0.1) is 0 Å². The number of nitrogens with two attached hydrogens (primary N) is 1. The van der Waals surface area contributed by atoms with Gasteiger partial charge in [-0.05, 0) is 57.0 Å². The number of rotatable bonds is 9. The van der Waals surface area contributed by atoms with Crippen LogP contribution >= 0.6 is 0 Å². The lowest BCUT2D eigenvalue weighted by Crippen LogP contribution is -2.50. The summed E-state index contributed by atoms with van der Waals surface area (Å²) in [4.78, 5) is 30.9. The summed E-state index contributed by atoms with van der Waals surface area (Å²) in [5.74, 6) is -0.371. The van der Waals surface area contributed by atoms with Crippen molar-refractivity contribution in [3.8, 4) is 5.75 Å². The zero-order chi connectivity index (χ0) is 25.9. The summed E-state index contributed by atoms with van der Waals surface area (Å²) in [7, 11) is 0. The Morgan fingerprint density at radius 3 is 2.58 bits per heavy atom. The van der Waals surface area contributed by atoms with Gasteiger partial charge in [-0.25, -0.2) is 5.48 Å². The third-order valence-corrected chi connectivity index (χ3v) is 6.53. The number of fused-ring (bicyclic) bond motifs is 1. The van der Waals surface area contributed by atoms with Crippen LogP contribution < -0.4 is 16.0 Å². The first-order valence-corrected chi connectivity index (χ1v) is 12.0. The Kier molecular flexibility index (Phi) is 7.53. The fourth-order valence-corrected chi connectivity index (χ4v) is 4.40. The molecule has 1 fully saturated rings. The van der Waals surface area contributed by atoms with Crippen molar-refractivity contribution >= 4 is 22.7 Å². The Bertz CT molecular complexity index is 1250. The van der Waals surface area contributed by atoms with E-state index in [2.05, 4.69) is 0 Å². The van der Waals surface area contributed by atoms with Crippen molar-refractivity contribution in [3.63, 3.8) is 0 Å². The smallest absolute Gasteiger partial charge is 0.265 e. The highest BCUT2D eigenvalue weighted by Crippen LogP contribution is 2.33. The van der Waals surface area contributed by atoms with Gasteiger partial charge in [0.2, 0.25) is 5.91 Å². The van der Waals surface area contributed by atoms with E-state index in [1.807, 2.05) is 44.2 Å². The number of nitrogens with one attached hydrogen (secondary N) is 1. The van der Waals surface area contributed by atoms with Gasteiger partial charge in [-0.3, -0.25) is 19.8 Å². The fourth-order valence-electron chi connectivity index (χ4n) is 4.40. The van der Waals surface area contributed by atoms with Crippen LogP contribution in [-0.2, 0) is 33.1 Å². The standard InChI is InChI=1S/C27H32N4O5/c1-17(2)35-16-21-14-19(23-6-4-5-7-24(23)29-21)15-36-22-10-8-20(9-11-22)27(28)12-13-31(26(27)33)18(3)25(32)30-34/h4-11,14,17-18,34H,12-13,15-16,28H2,1-3H3,(H,30,32). The molecule has 0 aliphatic carbocycles. The van der Waals surface area contributed by atoms with Crippen molar-refractivity contribution < 1.29 is 24.3 Å². The van der Waals surface area contributed by atoms with Gasteiger partial charge in [0.1, 0.15) is 23.9 Å². The number of likely N-dealkylation sites (tertiary alicyclic amines) is 1. The third kappa shape index (κ3) is 5.18. The molecule has 2 unspecified atom stereocenters. The molecule has 4 rings (SSSR count). The van der Waals surface area contributed by atoms with Crippen LogP contribution in [0.3, 0.4) is 0 Å². The van der Waals surface area contributed by atoms with E-state index in [9.17, 15) is 9.59 Å². The van der Waals surface area contributed by atoms with E-state index in [0.29, 0.717) is 37.5 Å². The lowest BCUT2D eigenvalue weighted by molar-refractivity contribution is -0.143. The van der Waals surface area contributed by atoms with Gasteiger partial charge in [0, 0.05) is 17.5 Å². The first-order chi connectivity index (χ1) is 17.2. The molecule has 1 aliphatic heterocycles. The maximum absolute atomic E-state index is 13.0. The van der Waals surface area contributed by atoms with Crippen molar-refractivity contribution in [2.75, 3.05) is 6.54 Å². The number of hydrogen-bond donors (Lipinski definition) is 3. The minimum absolute atomic E-state index is 0.108. The number of hydrogen-bond acceptors (Lipinski definition) is 7. The Morgan fingerprint density at radius 1 is 1.17 bits per heavy atom. The number of benzene rings is 2. The number of hydroxylamine groups is 1. The van der Waals surface area contributed by atoms with Crippen LogP contribution in [0.15, 0.2) is 54.6 Å². The summed E-state index contributed by atoms with van der Waals surface area (Å²) in [6, 6.07) is 16.2. The molecule has 0 bridgehead atoms. The average molecular weight is 493 g/mol. The highest BCUT2D eigenvalue weighted by atomic mass is 16.5. The summed E-state index contributed by atoms with van der Waals surface area (Å²) in [5.41, 5.74) is 10.2. The SMILES string of the molecule is CC(C)OCc1cc(COc2ccc(C3(N)CCN(C(C)C(=O)NO)C3=O)cc2)c2ccccc2n1. The van der Waals surface area contributed by atoms with Crippen molar-refractivity contribution in [2.24, 2.45) is 5.73 Å². The molecule has 1 aromatic heterocycles. The van der Waals surface area contributed by atoms with Gasteiger partial charge in [0.05, 0.1) is 23.9 Å². The van der Waals surface area contributed by atoms with Crippen LogP contribution in [0.1, 0.15) is 44.0 Å². The molecule has 0 radical (unpaired) electrons. The summed E-state index contributed by atoms with van der Waals surface area (Å²) < 4.78 is 11.8. The highest BCUT2D eigenvalue weighted by molar-refractivity contribution is 5.94. The number of aromatic nitrogens is 1. The van der Waals surface area contributed by atoms with E-state index >= 15 is 0 Å². The van der Waals surface area contributed by atoms with Crippen LogP contribution in [0.25, 0.3) is 10.9 Å². The average Bonchev–Trinajstić information content (AvgIpc) is 3.20. The lowest BCUT2D eigenvalue weighted by atomic mass is 9.89. The van der Waals surface area contributed by atoms with Crippen LogP contribution in [0.2, 0.25) is 0 Å². The summed E-state index contributed by atoms with van der Waals surface area (Å²) in [6.45, 7) is 6.61. The number of para-hydroxylation sites is 1. The van der Waals surface area contributed by atoms with E-state index in [-0.39, 0.29) is 12.0 Å². The van der Waals surface area contributed by atoms with Gasteiger partial charge < -0.3 is 20.1 Å². The van der Waals surface area contributed by atoms with Gasteiger partial charge in [0.15, 0.2) is 0 Å². The molecular formula is C27H32N4O5. The third-order valence-electron chi connectivity index (χ3n) is 6.53. The lowest BCUT2D eigenvalue weighted by Gasteiger charge is -2.27. The Morgan fingerprint density at radius 2 is 1.89 bits per heavy atom. The summed E-state index contributed by atoms with van der Waals surface area (Å²) in [5, 5.41) is 9.91. The Hall–Kier alpha value is -3.53. The van der Waals surface area contributed by atoms with Crippen molar-refractivity contribution in [3.05, 3.63) is 71.4 Å². The second kappa shape index (κ2) is 10.6. The fraction of sp³-hybridized carbons (Fsp3) is 0.370. The van der Waals surface area contributed by atoms with Gasteiger partial charge in [-0.1, -0.05) is 30.3 Å². The molecule has 2 atom stereocenters. The predicted molar refractivity (Wildman–Crippen MR) is 134 cm³/mol. The summed E-state index contributed by atoms with van der Waals surface area (Å²) >= 11 is 0. The molecule has 9 heteroatoms. The monoisotopic (exact) mass is 492 g/mol. The molecule has 2 aromatic carbocycles. The van der Waals surface area contributed by atoms with Crippen LogP contribution in [0.5, 0.6) is 5.75 Å². The number of carbonyl (C=O) groups excluding carboxylic acids is 2. The van der Waals surface area contributed by atoms with E-state index in [1.54, 1.807) is 36.7 Å². The molecule has 0 spiro atoms. The van der Waals surface area contributed by atoms with E-state index in [0.717, 1.165) is 22.2 Å². The number of carbonyl (C=O) groups is 2. The van der Waals surface area contributed by atoms with Crippen molar-refractivity contribution in [1.29, 1.82) is 0 Å². The minimum Gasteiger partial charge on any atom is -0.489 e. The topological polar surface area (TPSA) is 127 Å².